The van der Waals surface area contributed by atoms with E-state index in [1.54, 1.807) is 50.4 Å². The molecule has 0 spiro atoms. The van der Waals surface area contributed by atoms with Gasteiger partial charge in [-0.1, -0.05) is 15.9 Å². The molecule has 2 aromatic rings. The third-order valence-corrected chi connectivity index (χ3v) is 5.33. The average molecular weight is 454 g/mol. The molecule has 0 heterocycles. The van der Waals surface area contributed by atoms with E-state index in [4.69, 9.17) is 4.74 Å². The lowest BCUT2D eigenvalue weighted by Crippen LogP contribution is -2.39. The van der Waals surface area contributed by atoms with Crippen LogP contribution in [-0.4, -0.2) is 39.9 Å². The number of hydrogen-bond acceptors (Lipinski definition) is 5. The lowest BCUT2D eigenvalue weighted by molar-refractivity contribution is -0.119. The highest BCUT2D eigenvalue weighted by Crippen LogP contribution is 2.20. The third kappa shape index (κ3) is 6.07. The highest BCUT2D eigenvalue weighted by Gasteiger charge is 2.20. The zero-order valence-electron chi connectivity index (χ0n) is 15.1. The van der Waals surface area contributed by atoms with Crippen LogP contribution >= 0.6 is 15.9 Å². The van der Waals surface area contributed by atoms with Crippen molar-refractivity contribution in [2.24, 2.45) is 5.10 Å². The summed E-state index contributed by atoms with van der Waals surface area (Å²) in [5.74, 6) is 0.171. The SMILES string of the molecule is COc1ccc(/C(C)=N\NC(=O)CN(c2ccc(Br)cc2)S(C)(=O)=O)cc1. The molecule has 0 atom stereocenters. The van der Waals surface area contributed by atoms with Gasteiger partial charge in [-0.3, -0.25) is 9.10 Å². The number of amides is 1. The van der Waals surface area contributed by atoms with Crippen LogP contribution in [0.15, 0.2) is 58.1 Å². The number of nitrogens with one attached hydrogen (secondary N) is 1. The predicted molar refractivity (Wildman–Crippen MR) is 110 cm³/mol. The van der Waals surface area contributed by atoms with E-state index in [2.05, 4.69) is 26.5 Å². The number of halogens is 1. The van der Waals surface area contributed by atoms with Crippen molar-refractivity contribution in [3.63, 3.8) is 0 Å². The van der Waals surface area contributed by atoms with E-state index >= 15 is 0 Å². The van der Waals surface area contributed by atoms with Gasteiger partial charge in [0.25, 0.3) is 5.91 Å². The summed E-state index contributed by atoms with van der Waals surface area (Å²) in [6.45, 7) is 1.37. The molecule has 0 saturated carbocycles. The minimum atomic E-state index is -3.63. The molecule has 0 aromatic heterocycles. The number of hydrogen-bond donors (Lipinski definition) is 1. The smallest absolute Gasteiger partial charge is 0.260 e. The summed E-state index contributed by atoms with van der Waals surface area (Å²) in [5, 5.41) is 4.04. The van der Waals surface area contributed by atoms with Gasteiger partial charge in [-0.2, -0.15) is 5.10 Å². The second-order valence-corrected chi connectivity index (χ2v) is 8.53. The van der Waals surface area contributed by atoms with Crippen LogP contribution in [0.1, 0.15) is 12.5 Å². The van der Waals surface area contributed by atoms with Crippen molar-refractivity contribution in [3.8, 4) is 5.75 Å². The van der Waals surface area contributed by atoms with Crippen LogP contribution in [0.2, 0.25) is 0 Å². The first kappa shape index (κ1) is 20.9. The Labute approximate surface area is 167 Å². The van der Waals surface area contributed by atoms with Crippen molar-refractivity contribution in [2.45, 2.75) is 6.92 Å². The first-order valence-corrected chi connectivity index (χ1v) is 10.6. The summed E-state index contributed by atoms with van der Waals surface area (Å²) in [6.07, 6.45) is 1.05. The number of nitrogens with zero attached hydrogens (tertiary/aromatic N) is 2. The summed E-state index contributed by atoms with van der Waals surface area (Å²) in [4.78, 5) is 12.2. The van der Waals surface area contributed by atoms with Crippen LogP contribution in [0.5, 0.6) is 5.75 Å². The van der Waals surface area contributed by atoms with Crippen molar-refractivity contribution < 1.29 is 17.9 Å². The van der Waals surface area contributed by atoms with Crippen LogP contribution in [0.3, 0.4) is 0 Å². The number of hydrazone groups is 1. The zero-order chi connectivity index (χ0) is 20.0. The van der Waals surface area contributed by atoms with Crippen LogP contribution < -0.4 is 14.5 Å². The van der Waals surface area contributed by atoms with E-state index in [9.17, 15) is 13.2 Å². The van der Waals surface area contributed by atoms with Gasteiger partial charge >= 0.3 is 0 Å². The van der Waals surface area contributed by atoms with Crippen molar-refractivity contribution in [1.29, 1.82) is 0 Å². The van der Waals surface area contributed by atoms with Gasteiger partial charge in [0.15, 0.2) is 0 Å². The largest absolute Gasteiger partial charge is 0.497 e. The normalized spacial score (nSPS) is 11.8. The van der Waals surface area contributed by atoms with E-state index in [0.29, 0.717) is 17.1 Å². The van der Waals surface area contributed by atoms with Crippen molar-refractivity contribution in [3.05, 3.63) is 58.6 Å². The summed E-state index contributed by atoms with van der Waals surface area (Å²) in [5.41, 5.74) is 4.18. The summed E-state index contributed by atoms with van der Waals surface area (Å²) >= 11 is 3.29. The van der Waals surface area contributed by atoms with E-state index < -0.39 is 15.9 Å². The Hall–Kier alpha value is -2.39. The second-order valence-electron chi connectivity index (χ2n) is 5.71. The summed E-state index contributed by atoms with van der Waals surface area (Å²) in [6, 6.07) is 13.8. The number of methoxy groups -OCH3 is 1. The van der Waals surface area contributed by atoms with Gasteiger partial charge in [-0.15, -0.1) is 0 Å². The Balaban J connectivity index is 2.09. The van der Waals surface area contributed by atoms with Gasteiger partial charge in [-0.05, 0) is 61.0 Å². The topological polar surface area (TPSA) is 88.1 Å². The molecule has 2 rings (SSSR count). The fraction of sp³-hybridized carbons (Fsp3) is 0.222. The van der Waals surface area contributed by atoms with Gasteiger partial charge < -0.3 is 4.74 Å². The molecule has 7 nitrogen and oxygen atoms in total. The fourth-order valence-electron chi connectivity index (χ4n) is 2.22. The summed E-state index contributed by atoms with van der Waals surface area (Å²) in [7, 11) is -2.05. The van der Waals surface area contributed by atoms with Crippen LogP contribution in [0.25, 0.3) is 0 Å². The van der Waals surface area contributed by atoms with Gasteiger partial charge in [0.05, 0.1) is 24.8 Å². The molecular weight excluding hydrogens is 434 g/mol. The molecule has 0 aliphatic heterocycles. The van der Waals surface area contributed by atoms with Gasteiger partial charge in [0.2, 0.25) is 10.0 Å². The molecule has 144 valence electrons. The van der Waals surface area contributed by atoms with Crippen LogP contribution in [-0.2, 0) is 14.8 Å². The van der Waals surface area contributed by atoms with E-state index in [1.165, 1.54) is 0 Å². The predicted octanol–water partition coefficient (Wildman–Crippen LogP) is 2.76. The number of rotatable bonds is 7. The maximum absolute atomic E-state index is 12.2. The number of anilines is 1. The third-order valence-electron chi connectivity index (χ3n) is 3.66. The Morgan fingerprint density at radius 2 is 1.74 bits per heavy atom. The maximum atomic E-state index is 12.2. The maximum Gasteiger partial charge on any atom is 0.260 e. The zero-order valence-corrected chi connectivity index (χ0v) is 17.5. The lowest BCUT2D eigenvalue weighted by Gasteiger charge is -2.21. The second kappa shape index (κ2) is 9.01. The highest BCUT2D eigenvalue weighted by molar-refractivity contribution is 9.10. The van der Waals surface area contributed by atoms with Crippen LogP contribution in [0.4, 0.5) is 5.69 Å². The summed E-state index contributed by atoms with van der Waals surface area (Å²) < 4.78 is 31.0. The Morgan fingerprint density at radius 3 is 2.26 bits per heavy atom. The molecule has 9 heteroatoms. The van der Waals surface area contributed by atoms with E-state index in [-0.39, 0.29) is 6.54 Å². The molecule has 2 aromatic carbocycles. The molecule has 27 heavy (non-hydrogen) atoms. The standard InChI is InChI=1S/C18H20BrN3O4S/c1-13(14-4-10-17(26-2)11-5-14)20-21-18(23)12-22(27(3,24)25)16-8-6-15(19)7-9-16/h4-11H,12H2,1-3H3,(H,21,23)/b20-13-. The molecular formula is C18H20BrN3O4S. The lowest BCUT2D eigenvalue weighted by atomic mass is 10.1. The van der Waals surface area contributed by atoms with E-state index in [1.807, 2.05) is 12.1 Å². The number of sulfonamides is 1. The van der Waals surface area contributed by atoms with E-state index in [0.717, 1.165) is 20.6 Å². The molecule has 0 radical (unpaired) electrons. The number of carbonyl (C=O) groups is 1. The number of ether oxygens (including phenoxy) is 1. The molecule has 0 unspecified atom stereocenters. The van der Waals surface area contributed by atoms with Gasteiger partial charge in [0, 0.05) is 4.47 Å². The van der Waals surface area contributed by atoms with Crippen molar-refractivity contribution >= 4 is 43.3 Å². The first-order chi connectivity index (χ1) is 12.7. The van der Waals surface area contributed by atoms with Crippen molar-refractivity contribution in [2.75, 3.05) is 24.2 Å². The monoisotopic (exact) mass is 453 g/mol. The Morgan fingerprint density at radius 1 is 1.15 bits per heavy atom. The molecule has 0 aliphatic carbocycles. The molecule has 1 N–H and O–H groups in total. The van der Waals surface area contributed by atoms with Crippen molar-refractivity contribution in [1.82, 2.24) is 5.43 Å². The quantitative estimate of drug-likeness (QED) is 0.515. The molecule has 0 fully saturated rings. The number of benzene rings is 2. The average Bonchev–Trinajstić information content (AvgIpc) is 2.64. The van der Waals surface area contributed by atoms with Gasteiger partial charge in [0.1, 0.15) is 12.3 Å². The fourth-order valence-corrected chi connectivity index (χ4v) is 3.34. The first-order valence-electron chi connectivity index (χ1n) is 7.91. The molecule has 0 aliphatic rings. The number of carbonyl (C=O) groups excluding carboxylic acids is 1. The molecule has 1 amide bonds. The minimum Gasteiger partial charge on any atom is -0.497 e. The highest BCUT2D eigenvalue weighted by atomic mass is 79.9. The Kier molecular flexibility index (Phi) is 6.98. The Bertz CT molecular complexity index is 926. The molecule has 0 bridgehead atoms. The molecule has 0 saturated heterocycles. The van der Waals surface area contributed by atoms with Gasteiger partial charge in [-0.25, -0.2) is 13.8 Å². The minimum absolute atomic E-state index is 0.375. The van der Waals surface area contributed by atoms with Crippen LogP contribution in [0, 0.1) is 0 Å².